The summed E-state index contributed by atoms with van der Waals surface area (Å²) in [5, 5.41) is 0. The monoisotopic (exact) mass is 268 g/mol. The van der Waals surface area contributed by atoms with Crippen molar-refractivity contribution in [3.05, 3.63) is 36.4 Å². The predicted octanol–water partition coefficient (Wildman–Crippen LogP) is 0.817. The van der Waals surface area contributed by atoms with Crippen LogP contribution in [-0.4, -0.2) is 20.1 Å². The minimum atomic E-state index is -3.52. The minimum Gasteiger partial charge on any atom is -0.397 e. The van der Waals surface area contributed by atoms with Crippen LogP contribution in [0.1, 0.15) is 18.4 Å². The molecule has 6 heteroatoms. The fourth-order valence-electron chi connectivity index (χ4n) is 1.61. The first kappa shape index (κ1) is 14.2. The molecule has 0 aliphatic heterocycles. The molecule has 0 aromatic heterocycles. The maximum Gasteiger partial charge on any atom is 0.224 e. The van der Waals surface area contributed by atoms with Gasteiger partial charge in [-0.05, 0) is 18.6 Å². The zero-order chi connectivity index (χ0) is 13.9. The Morgan fingerprint density at radius 1 is 1.50 bits per heavy atom. The quantitative estimate of drug-likeness (QED) is 0.609. The number of rotatable bonds is 5. The van der Waals surface area contributed by atoms with Crippen molar-refractivity contribution in [3.63, 3.8) is 0 Å². The average molecular weight is 268 g/mol. The van der Waals surface area contributed by atoms with Gasteiger partial charge in [-0.3, -0.25) is 4.79 Å². The van der Waals surface area contributed by atoms with E-state index in [1.165, 1.54) is 12.1 Å². The van der Waals surface area contributed by atoms with Gasteiger partial charge in [0.2, 0.25) is 5.91 Å². The Kier molecular flexibility index (Phi) is 4.13. The molecule has 1 rings (SSSR count). The van der Waals surface area contributed by atoms with E-state index in [4.69, 9.17) is 11.5 Å². The number of anilines is 1. The summed E-state index contributed by atoms with van der Waals surface area (Å²) in [6, 6.07) is 4.55. The van der Waals surface area contributed by atoms with E-state index in [0.717, 1.165) is 0 Å². The fourth-order valence-corrected chi connectivity index (χ4v) is 2.84. The number of nitrogens with two attached hydrogens (primary N) is 2. The van der Waals surface area contributed by atoms with Crippen molar-refractivity contribution in [2.24, 2.45) is 5.73 Å². The molecule has 0 saturated heterocycles. The number of carbonyl (C=O) groups is 1. The van der Waals surface area contributed by atoms with Crippen LogP contribution in [0.4, 0.5) is 5.69 Å². The molecule has 0 radical (unpaired) electrons. The van der Waals surface area contributed by atoms with E-state index >= 15 is 0 Å². The number of sulfone groups is 1. The largest absolute Gasteiger partial charge is 0.397 e. The van der Waals surface area contributed by atoms with Gasteiger partial charge in [0.15, 0.2) is 9.84 Å². The van der Waals surface area contributed by atoms with Crippen molar-refractivity contribution < 1.29 is 13.2 Å². The first-order valence-electron chi connectivity index (χ1n) is 5.32. The van der Waals surface area contributed by atoms with Crippen LogP contribution in [0.15, 0.2) is 35.7 Å². The van der Waals surface area contributed by atoms with Gasteiger partial charge in [0.25, 0.3) is 0 Å². The third-order valence-corrected chi connectivity index (χ3v) is 4.37. The Morgan fingerprint density at radius 2 is 2.11 bits per heavy atom. The van der Waals surface area contributed by atoms with E-state index in [0.29, 0.717) is 5.56 Å². The number of amides is 1. The maximum absolute atomic E-state index is 11.9. The van der Waals surface area contributed by atoms with Gasteiger partial charge in [-0.15, -0.1) is 6.58 Å². The number of benzene rings is 1. The molecule has 18 heavy (non-hydrogen) atoms. The number of para-hydroxylation sites is 1. The lowest BCUT2D eigenvalue weighted by molar-refractivity contribution is -0.119. The van der Waals surface area contributed by atoms with Crippen LogP contribution >= 0.6 is 0 Å². The highest BCUT2D eigenvalue weighted by Crippen LogP contribution is 2.28. The standard InChI is InChI=1S/C12H16N2O3S/c1-3-7-18(16,17)10-6-4-5-9(11(10)13)8(2)12(14)15/h3-6,8H,1,7,13H2,2H3,(H2,14,15). The SMILES string of the molecule is C=CCS(=O)(=O)c1cccc(C(C)C(N)=O)c1N. The van der Waals surface area contributed by atoms with E-state index in [9.17, 15) is 13.2 Å². The Labute approximate surface area is 106 Å². The van der Waals surface area contributed by atoms with E-state index < -0.39 is 21.7 Å². The third-order valence-electron chi connectivity index (χ3n) is 2.67. The second kappa shape index (κ2) is 5.22. The number of carbonyl (C=O) groups excluding carboxylic acids is 1. The smallest absolute Gasteiger partial charge is 0.224 e. The van der Waals surface area contributed by atoms with Gasteiger partial charge in [-0.2, -0.15) is 0 Å². The molecule has 0 aliphatic carbocycles. The maximum atomic E-state index is 11.9. The molecule has 1 atom stereocenters. The second-order valence-corrected chi connectivity index (χ2v) is 5.96. The Hall–Kier alpha value is -1.82. The first-order chi connectivity index (χ1) is 8.31. The molecule has 4 N–H and O–H groups in total. The fraction of sp³-hybridized carbons (Fsp3) is 0.250. The van der Waals surface area contributed by atoms with Crippen molar-refractivity contribution in [2.75, 3.05) is 11.5 Å². The highest BCUT2D eigenvalue weighted by molar-refractivity contribution is 7.91. The number of hydrogen-bond acceptors (Lipinski definition) is 4. The molecule has 1 unspecified atom stereocenters. The van der Waals surface area contributed by atoms with Crippen LogP contribution in [-0.2, 0) is 14.6 Å². The molecule has 5 nitrogen and oxygen atoms in total. The van der Waals surface area contributed by atoms with Crippen LogP contribution in [0.3, 0.4) is 0 Å². The molecule has 0 bridgehead atoms. The topological polar surface area (TPSA) is 103 Å². The number of nitrogen functional groups attached to an aromatic ring is 1. The molecular formula is C12H16N2O3S. The summed E-state index contributed by atoms with van der Waals surface area (Å²) in [5.74, 6) is -1.39. The second-order valence-electron chi connectivity index (χ2n) is 3.95. The number of primary amides is 1. The first-order valence-corrected chi connectivity index (χ1v) is 6.98. The van der Waals surface area contributed by atoms with E-state index in [1.54, 1.807) is 19.1 Å². The van der Waals surface area contributed by atoms with Crippen molar-refractivity contribution in [1.29, 1.82) is 0 Å². The summed E-state index contributed by atoms with van der Waals surface area (Å²) >= 11 is 0. The van der Waals surface area contributed by atoms with Gasteiger partial charge in [0.05, 0.1) is 22.3 Å². The Bertz CT molecular complexity index is 579. The van der Waals surface area contributed by atoms with Gasteiger partial charge in [-0.25, -0.2) is 8.42 Å². The molecule has 1 aromatic rings. The lowest BCUT2D eigenvalue weighted by atomic mass is 9.99. The molecule has 0 heterocycles. The lowest BCUT2D eigenvalue weighted by Gasteiger charge is -2.14. The Balaban J connectivity index is 3.39. The molecule has 0 saturated carbocycles. The molecule has 0 fully saturated rings. The highest BCUT2D eigenvalue weighted by atomic mass is 32.2. The van der Waals surface area contributed by atoms with Gasteiger partial charge in [-0.1, -0.05) is 18.2 Å². The number of hydrogen-bond donors (Lipinski definition) is 2. The van der Waals surface area contributed by atoms with Crippen LogP contribution in [0, 0.1) is 0 Å². The van der Waals surface area contributed by atoms with Gasteiger partial charge in [0, 0.05) is 0 Å². The normalized spacial score (nSPS) is 12.9. The molecule has 0 aliphatic rings. The minimum absolute atomic E-state index is 0.00741. The van der Waals surface area contributed by atoms with Gasteiger partial charge in [0.1, 0.15) is 0 Å². The Morgan fingerprint density at radius 3 is 2.61 bits per heavy atom. The summed E-state index contributed by atoms with van der Waals surface area (Å²) in [6.07, 6.45) is 1.29. The van der Waals surface area contributed by atoms with Crippen LogP contribution in [0.25, 0.3) is 0 Å². The highest BCUT2D eigenvalue weighted by Gasteiger charge is 2.22. The summed E-state index contributed by atoms with van der Waals surface area (Å²) in [6.45, 7) is 4.97. The van der Waals surface area contributed by atoms with E-state index in [2.05, 4.69) is 6.58 Å². The summed E-state index contributed by atoms with van der Waals surface area (Å²) < 4.78 is 23.9. The van der Waals surface area contributed by atoms with Crippen LogP contribution < -0.4 is 11.5 Å². The van der Waals surface area contributed by atoms with E-state index in [1.807, 2.05) is 0 Å². The van der Waals surface area contributed by atoms with Gasteiger partial charge >= 0.3 is 0 Å². The van der Waals surface area contributed by atoms with E-state index in [-0.39, 0.29) is 16.3 Å². The predicted molar refractivity (Wildman–Crippen MR) is 70.7 cm³/mol. The van der Waals surface area contributed by atoms with Crippen molar-refractivity contribution in [2.45, 2.75) is 17.7 Å². The lowest BCUT2D eigenvalue weighted by Crippen LogP contribution is -2.20. The van der Waals surface area contributed by atoms with Crippen LogP contribution in [0.2, 0.25) is 0 Å². The summed E-state index contributed by atoms with van der Waals surface area (Å²) in [7, 11) is -3.52. The van der Waals surface area contributed by atoms with Crippen molar-refractivity contribution in [1.82, 2.24) is 0 Å². The molecular weight excluding hydrogens is 252 g/mol. The van der Waals surface area contributed by atoms with Crippen molar-refractivity contribution in [3.8, 4) is 0 Å². The zero-order valence-corrected chi connectivity index (χ0v) is 10.9. The van der Waals surface area contributed by atoms with Gasteiger partial charge < -0.3 is 11.5 Å². The molecule has 98 valence electrons. The third kappa shape index (κ3) is 2.70. The van der Waals surface area contributed by atoms with Crippen molar-refractivity contribution >= 4 is 21.4 Å². The van der Waals surface area contributed by atoms with Crippen LogP contribution in [0.5, 0.6) is 0 Å². The molecule has 1 amide bonds. The summed E-state index contributed by atoms with van der Waals surface area (Å²) in [4.78, 5) is 11.1. The summed E-state index contributed by atoms with van der Waals surface area (Å²) in [5.41, 5.74) is 11.5. The molecule has 1 aromatic carbocycles. The zero-order valence-electron chi connectivity index (χ0n) is 10.1. The molecule has 0 spiro atoms. The average Bonchev–Trinajstić information content (AvgIpc) is 2.27.